The van der Waals surface area contributed by atoms with Crippen LogP contribution in [0.2, 0.25) is 5.02 Å². The molecule has 5 nitrogen and oxygen atoms in total. The lowest BCUT2D eigenvalue weighted by atomic mass is 10.1. The molecule has 0 aliphatic rings. The van der Waals surface area contributed by atoms with Gasteiger partial charge in [0.05, 0.1) is 16.3 Å². The number of aryl methyl sites for hydroxylation is 3. The average molecular weight is 381 g/mol. The zero-order chi connectivity index (χ0) is 19.4. The van der Waals surface area contributed by atoms with Gasteiger partial charge in [0.15, 0.2) is 0 Å². The zero-order valence-electron chi connectivity index (χ0n) is 15.5. The van der Waals surface area contributed by atoms with Gasteiger partial charge in [-0.2, -0.15) is 0 Å². The topological polar surface area (TPSA) is 66.9 Å². The van der Waals surface area contributed by atoms with Crippen molar-refractivity contribution in [3.63, 3.8) is 0 Å². The van der Waals surface area contributed by atoms with E-state index < -0.39 is 0 Å². The molecule has 1 amide bonds. The second kappa shape index (κ2) is 8.18. The number of hydrogen-bond donors (Lipinski definition) is 2. The molecule has 0 fully saturated rings. The van der Waals surface area contributed by atoms with Crippen molar-refractivity contribution < 1.29 is 4.79 Å². The Kier molecular flexibility index (Phi) is 5.72. The Morgan fingerprint density at radius 1 is 1.00 bits per heavy atom. The van der Waals surface area contributed by atoms with Crippen LogP contribution < -0.4 is 10.6 Å². The predicted molar refractivity (Wildman–Crippen MR) is 109 cm³/mol. The highest BCUT2D eigenvalue weighted by atomic mass is 35.5. The molecule has 0 atom stereocenters. The summed E-state index contributed by atoms with van der Waals surface area (Å²) in [5.74, 6) is 0.172. The van der Waals surface area contributed by atoms with Crippen molar-refractivity contribution in [2.45, 2.75) is 27.3 Å². The molecule has 1 heterocycles. The van der Waals surface area contributed by atoms with Crippen LogP contribution in [0, 0.1) is 20.8 Å². The van der Waals surface area contributed by atoms with E-state index in [-0.39, 0.29) is 5.91 Å². The van der Waals surface area contributed by atoms with Crippen molar-refractivity contribution in [2.75, 3.05) is 10.6 Å². The number of carbonyl (C=O) groups is 1. The maximum absolute atomic E-state index is 12.5. The molecule has 27 heavy (non-hydrogen) atoms. The number of rotatable bonds is 5. The molecule has 1 aromatic heterocycles. The van der Waals surface area contributed by atoms with E-state index >= 15 is 0 Å². The van der Waals surface area contributed by atoms with Crippen LogP contribution in [0.15, 0.2) is 48.8 Å². The highest BCUT2D eigenvalue weighted by Gasteiger charge is 2.12. The second-order valence-electron chi connectivity index (χ2n) is 6.53. The fourth-order valence-corrected chi connectivity index (χ4v) is 3.05. The van der Waals surface area contributed by atoms with Gasteiger partial charge in [0.2, 0.25) is 5.95 Å². The molecule has 0 saturated heterocycles. The summed E-state index contributed by atoms with van der Waals surface area (Å²) in [6.45, 7) is 6.53. The molecule has 0 radical (unpaired) electrons. The molecule has 3 aromatic rings. The van der Waals surface area contributed by atoms with Gasteiger partial charge in [0.1, 0.15) is 0 Å². The first-order valence-electron chi connectivity index (χ1n) is 8.62. The Balaban J connectivity index is 1.64. The lowest BCUT2D eigenvalue weighted by Crippen LogP contribution is -2.14. The minimum absolute atomic E-state index is 0.297. The summed E-state index contributed by atoms with van der Waals surface area (Å²) in [6.07, 6.45) is 2.99. The van der Waals surface area contributed by atoms with Crippen molar-refractivity contribution >= 4 is 29.1 Å². The summed E-state index contributed by atoms with van der Waals surface area (Å²) in [4.78, 5) is 20.9. The predicted octanol–water partition coefficient (Wildman–Crippen LogP) is 4.92. The van der Waals surface area contributed by atoms with E-state index in [2.05, 4.69) is 51.8 Å². The second-order valence-corrected chi connectivity index (χ2v) is 6.93. The number of carbonyl (C=O) groups excluding carboxylic acids is 1. The van der Waals surface area contributed by atoms with E-state index in [0.717, 1.165) is 16.7 Å². The van der Waals surface area contributed by atoms with Gasteiger partial charge in [-0.25, -0.2) is 9.97 Å². The Bertz CT molecular complexity index is 930. The number of nitrogens with zero attached hydrogens (tertiary/aromatic N) is 2. The highest BCUT2D eigenvalue weighted by Crippen LogP contribution is 2.27. The molecule has 2 aromatic carbocycles. The van der Waals surface area contributed by atoms with Crippen molar-refractivity contribution in [3.05, 3.63) is 81.6 Å². The third-order valence-corrected chi connectivity index (χ3v) is 4.45. The van der Waals surface area contributed by atoms with E-state index in [1.807, 2.05) is 26.0 Å². The minimum Gasteiger partial charge on any atom is -0.350 e. The maximum Gasteiger partial charge on any atom is 0.258 e. The molecule has 0 aliphatic heterocycles. The van der Waals surface area contributed by atoms with Crippen molar-refractivity contribution in [3.8, 4) is 0 Å². The van der Waals surface area contributed by atoms with Crippen LogP contribution in [-0.2, 0) is 6.54 Å². The summed E-state index contributed by atoms with van der Waals surface area (Å²) in [5.41, 5.74) is 5.28. The smallest absolute Gasteiger partial charge is 0.258 e. The fraction of sp³-hybridized carbons (Fsp3) is 0.190. The first-order valence-corrected chi connectivity index (χ1v) is 9.00. The number of aromatic nitrogens is 2. The van der Waals surface area contributed by atoms with Crippen LogP contribution in [0.4, 0.5) is 11.6 Å². The third kappa shape index (κ3) is 4.83. The minimum atomic E-state index is -0.297. The van der Waals surface area contributed by atoms with E-state index in [0.29, 0.717) is 28.8 Å². The summed E-state index contributed by atoms with van der Waals surface area (Å²) >= 11 is 6.24. The number of benzene rings is 2. The van der Waals surface area contributed by atoms with Crippen LogP contribution in [0.3, 0.4) is 0 Å². The first kappa shape index (κ1) is 18.9. The summed E-state index contributed by atoms with van der Waals surface area (Å²) in [6, 6.07) is 12.0. The van der Waals surface area contributed by atoms with Crippen molar-refractivity contribution in [1.29, 1.82) is 0 Å². The van der Waals surface area contributed by atoms with Gasteiger partial charge < -0.3 is 10.6 Å². The number of anilines is 2. The van der Waals surface area contributed by atoms with Gasteiger partial charge in [0.25, 0.3) is 5.91 Å². The standard InChI is InChI=1S/C21H21ClN4O/c1-13-4-6-16(7-5-13)10-23-21-24-11-17(12-25-21)20(27)26-19-15(3)8-14(2)9-18(19)22/h4-9,11-12H,10H2,1-3H3,(H,26,27)(H,23,24,25). The van der Waals surface area contributed by atoms with Gasteiger partial charge in [-0.05, 0) is 43.5 Å². The number of halogens is 1. The molecular formula is C21H21ClN4O. The number of hydrogen-bond acceptors (Lipinski definition) is 4. The molecule has 2 N–H and O–H groups in total. The van der Waals surface area contributed by atoms with E-state index in [9.17, 15) is 4.79 Å². The van der Waals surface area contributed by atoms with Gasteiger partial charge in [0, 0.05) is 18.9 Å². The van der Waals surface area contributed by atoms with Gasteiger partial charge in [-0.15, -0.1) is 0 Å². The largest absolute Gasteiger partial charge is 0.350 e. The summed E-state index contributed by atoms with van der Waals surface area (Å²) < 4.78 is 0. The van der Waals surface area contributed by atoms with Crippen LogP contribution in [0.25, 0.3) is 0 Å². The highest BCUT2D eigenvalue weighted by molar-refractivity contribution is 6.34. The average Bonchev–Trinajstić information content (AvgIpc) is 2.64. The number of nitrogens with one attached hydrogen (secondary N) is 2. The molecule has 0 bridgehead atoms. The number of amides is 1. The van der Waals surface area contributed by atoms with Crippen molar-refractivity contribution in [2.24, 2.45) is 0 Å². The van der Waals surface area contributed by atoms with Crippen LogP contribution in [0.1, 0.15) is 32.6 Å². The summed E-state index contributed by atoms with van der Waals surface area (Å²) in [7, 11) is 0. The third-order valence-electron chi connectivity index (χ3n) is 4.16. The van der Waals surface area contributed by atoms with Gasteiger partial charge in [-0.1, -0.05) is 47.5 Å². The lowest BCUT2D eigenvalue weighted by Gasteiger charge is -2.11. The lowest BCUT2D eigenvalue weighted by molar-refractivity contribution is 0.102. The molecule has 0 unspecified atom stereocenters. The SMILES string of the molecule is Cc1ccc(CNc2ncc(C(=O)Nc3c(C)cc(C)cc3Cl)cn2)cc1. The maximum atomic E-state index is 12.5. The molecule has 0 saturated carbocycles. The van der Waals surface area contributed by atoms with E-state index in [1.54, 1.807) is 0 Å². The molecule has 3 rings (SSSR count). The molecule has 6 heteroatoms. The molecule has 0 spiro atoms. The zero-order valence-corrected chi connectivity index (χ0v) is 16.3. The monoisotopic (exact) mass is 380 g/mol. The van der Waals surface area contributed by atoms with E-state index in [4.69, 9.17) is 11.6 Å². The Labute approximate surface area is 163 Å². The van der Waals surface area contributed by atoms with Crippen molar-refractivity contribution in [1.82, 2.24) is 9.97 Å². The van der Waals surface area contributed by atoms with Crippen LogP contribution in [-0.4, -0.2) is 15.9 Å². The summed E-state index contributed by atoms with van der Waals surface area (Å²) in [5, 5.41) is 6.49. The Hall–Kier alpha value is -2.92. The van der Waals surface area contributed by atoms with Gasteiger partial charge >= 0.3 is 0 Å². The fourth-order valence-electron chi connectivity index (χ4n) is 2.68. The van der Waals surface area contributed by atoms with Crippen LogP contribution >= 0.6 is 11.6 Å². The molecule has 0 aliphatic carbocycles. The molecule has 138 valence electrons. The quantitative estimate of drug-likeness (QED) is 0.659. The normalized spacial score (nSPS) is 10.5. The first-order chi connectivity index (χ1) is 12.9. The Morgan fingerprint density at radius 3 is 2.30 bits per heavy atom. The van der Waals surface area contributed by atoms with Crippen LogP contribution in [0.5, 0.6) is 0 Å². The molecular weight excluding hydrogens is 360 g/mol. The van der Waals surface area contributed by atoms with E-state index in [1.165, 1.54) is 18.0 Å². The Morgan fingerprint density at radius 2 is 1.67 bits per heavy atom. The van der Waals surface area contributed by atoms with Gasteiger partial charge in [-0.3, -0.25) is 4.79 Å².